The van der Waals surface area contributed by atoms with Crippen LogP contribution < -0.4 is 0 Å². The van der Waals surface area contributed by atoms with Gasteiger partial charge in [-0.1, -0.05) is 72.3 Å². The van der Waals surface area contributed by atoms with Crippen molar-refractivity contribution in [1.29, 1.82) is 0 Å². The Morgan fingerprint density at radius 1 is 0.933 bits per heavy atom. The number of benzene rings is 3. The van der Waals surface area contributed by atoms with Crippen molar-refractivity contribution in [3.63, 3.8) is 0 Å². The molecule has 0 aliphatic carbocycles. The molecule has 3 aromatic carbocycles. The van der Waals surface area contributed by atoms with Crippen molar-refractivity contribution in [2.24, 2.45) is 0 Å². The zero-order valence-electron chi connectivity index (χ0n) is 15.8. The van der Waals surface area contributed by atoms with E-state index in [0.717, 1.165) is 22.2 Å². The number of para-hydroxylation sites is 1. The van der Waals surface area contributed by atoms with E-state index in [4.69, 9.17) is 11.6 Å². The van der Waals surface area contributed by atoms with Crippen molar-refractivity contribution in [2.75, 3.05) is 0 Å². The first kappa shape index (κ1) is 18.3. The summed E-state index contributed by atoms with van der Waals surface area (Å²) in [7, 11) is 0. The molecule has 0 saturated heterocycles. The molecule has 30 heavy (non-hydrogen) atoms. The summed E-state index contributed by atoms with van der Waals surface area (Å²) in [6.07, 6.45) is 0. The molecule has 0 fully saturated rings. The fourth-order valence-corrected chi connectivity index (χ4v) is 3.74. The van der Waals surface area contributed by atoms with Crippen LogP contribution in [-0.2, 0) is 6.54 Å². The number of rotatable bonds is 5. The Balaban J connectivity index is 1.52. The first-order valence-electron chi connectivity index (χ1n) is 9.43. The Kier molecular flexibility index (Phi) is 4.61. The molecule has 146 valence electrons. The van der Waals surface area contributed by atoms with E-state index in [1.165, 1.54) is 4.80 Å². The number of fused-ring (bicyclic) bond motifs is 1. The van der Waals surface area contributed by atoms with Crippen LogP contribution in [0.15, 0.2) is 78.9 Å². The molecule has 5 rings (SSSR count). The quantitative estimate of drug-likeness (QED) is 0.410. The first-order valence-corrected chi connectivity index (χ1v) is 9.80. The highest BCUT2D eigenvalue weighted by molar-refractivity contribution is 6.33. The Morgan fingerprint density at radius 2 is 1.67 bits per heavy atom. The molecular formula is C23H16ClN5O. The van der Waals surface area contributed by atoms with Crippen LogP contribution in [-0.4, -0.2) is 31.0 Å². The van der Waals surface area contributed by atoms with Crippen molar-refractivity contribution < 1.29 is 4.79 Å². The van der Waals surface area contributed by atoms with Gasteiger partial charge in [0.05, 0.1) is 16.3 Å². The lowest BCUT2D eigenvalue weighted by atomic mass is 10.0. The van der Waals surface area contributed by atoms with E-state index in [-0.39, 0.29) is 12.3 Å². The number of hydrogen-bond donors (Lipinski definition) is 1. The fourth-order valence-electron chi connectivity index (χ4n) is 3.52. The normalized spacial score (nSPS) is 11.1. The Bertz CT molecular complexity index is 1360. The van der Waals surface area contributed by atoms with Crippen LogP contribution in [0.1, 0.15) is 10.4 Å². The third-order valence-corrected chi connectivity index (χ3v) is 5.23. The van der Waals surface area contributed by atoms with Crippen LogP contribution in [0.3, 0.4) is 0 Å². The van der Waals surface area contributed by atoms with E-state index in [1.807, 2.05) is 72.8 Å². The van der Waals surface area contributed by atoms with E-state index in [2.05, 4.69) is 20.4 Å². The molecule has 1 N–H and O–H groups in total. The maximum atomic E-state index is 13.3. The standard InChI is InChI=1S/C23H16ClN5O/c24-18-12-6-4-10-16(18)23-26-28-29(27-23)14-20(30)21-17-11-5-7-13-19(17)25-22(21)15-8-2-1-3-9-15/h1-13,25H,14H2. The topological polar surface area (TPSA) is 76.5 Å². The summed E-state index contributed by atoms with van der Waals surface area (Å²) >= 11 is 6.22. The number of tetrazole rings is 1. The number of halogens is 1. The second-order valence-electron chi connectivity index (χ2n) is 6.83. The summed E-state index contributed by atoms with van der Waals surface area (Å²) in [6, 6.07) is 24.8. The van der Waals surface area contributed by atoms with E-state index < -0.39 is 0 Å². The molecule has 0 saturated carbocycles. The zero-order valence-corrected chi connectivity index (χ0v) is 16.5. The van der Waals surface area contributed by atoms with E-state index >= 15 is 0 Å². The highest BCUT2D eigenvalue weighted by Gasteiger charge is 2.21. The van der Waals surface area contributed by atoms with Gasteiger partial charge in [0, 0.05) is 16.5 Å². The smallest absolute Gasteiger partial charge is 0.206 e. The summed E-state index contributed by atoms with van der Waals surface area (Å²) in [4.78, 5) is 18.0. The van der Waals surface area contributed by atoms with Gasteiger partial charge >= 0.3 is 0 Å². The van der Waals surface area contributed by atoms with E-state index in [1.54, 1.807) is 6.07 Å². The Morgan fingerprint density at radius 3 is 2.50 bits per heavy atom. The lowest BCUT2D eigenvalue weighted by molar-refractivity contribution is 0.0963. The SMILES string of the molecule is O=C(Cn1nnc(-c2ccccc2Cl)n1)c1c(-c2ccccc2)[nH]c2ccccc12. The second kappa shape index (κ2) is 7.57. The number of carbonyl (C=O) groups excluding carboxylic acids is 1. The van der Waals surface area contributed by atoms with Gasteiger partial charge in [0.1, 0.15) is 6.54 Å². The maximum absolute atomic E-state index is 13.3. The molecule has 6 nitrogen and oxygen atoms in total. The summed E-state index contributed by atoms with van der Waals surface area (Å²) in [5, 5.41) is 13.9. The lowest BCUT2D eigenvalue weighted by Crippen LogP contribution is -2.14. The molecule has 2 heterocycles. The van der Waals surface area contributed by atoms with Gasteiger partial charge in [0.25, 0.3) is 0 Å². The van der Waals surface area contributed by atoms with Crippen LogP contribution >= 0.6 is 11.6 Å². The van der Waals surface area contributed by atoms with Crippen LogP contribution in [0, 0.1) is 0 Å². The van der Waals surface area contributed by atoms with Crippen LogP contribution in [0.4, 0.5) is 0 Å². The number of aromatic nitrogens is 5. The summed E-state index contributed by atoms with van der Waals surface area (Å²) in [5.41, 5.74) is 3.93. The monoisotopic (exact) mass is 413 g/mol. The lowest BCUT2D eigenvalue weighted by Gasteiger charge is -2.04. The third-order valence-electron chi connectivity index (χ3n) is 4.90. The van der Waals surface area contributed by atoms with Crippen LogP contribution in [0.25, 0.3) is 33.5 Å². The molecular weight excluding hydrogens is 398 g/mol. The number of Topliss-reactive ketones (excluding diaryl/α,β-unsaturated/α-hetero) is 1. The minimum Gasteiger partial charge on any atom is -0.354 e. The Hall–Kier alpha value is -3.77. The molecule has 0 unspecified atom stereocenters. The Labute approximate surface area is 177 Å². The van der Waals surface area contributed by atoms with Crippen molar-refractivity contribution >= 4 is 28.3 Å². The van der Waals surface area contributed by atoms with Gasteiger partial charge in [-0.25, -0.2) is 0 Å². The summed E-state index contributed by atoms with van der Waals surface area (Å²) in [5.74, 6) is 0.282. The van der Waals surface area contributed by atoms with Crippen LogP contribution in [0.2, 0.25) is 5.02 Å². The predicted molar refractivity (Wildman–Crippen MR) is 116 cm³/mol. The highest BCUT2D eigenvalue weighted by atomic mass is 35.5. The zero-order chi connectivity index (χ0) is 20.5. The molecule has 0 bridgehead atoms. The van der Waals surface area contributed by atoms with Gasteiger partial charge < -0.3 is 4.98 Å². The number of H-pyrrole nitrogens is 1. The summed E-state index contributed by atoms with van der Waals surface area (Å²) in [6.45, 7) is -0.0286. The number of aromatic amines is 1. The molecule has 0 amide bonds. The number of ketones is 1. The van der Waals surface area contributed by atoms with Gasteiger partial charge in [-0.15, -0.1) is 10.2 Å². The van der Waals surface area contributed by atoms with Gasteiger partial charge in [-0.3, -0.25) is 4.79 Å². The van der Waals surface area contributed by atoms with Crippen molar-refractivity contribution in [1.82, 2.24) is 25.2 Å². The average molecular weight is 414 g/mol. The number of nitrogens with zero attached hydrogens (tertiary/aromatic N) is 4. The molecule has 0 aliphatic rings. The average Bonchev–Trinajstić information content (AvgIpc) is 3.39. The van der Waals surface area contributed by atoms with E-state index in [9.17, 15) is 4.79 Å². The number of nitrogens with one attached hydrogen (secondary N) is 1. The minimum atomic E-state index is -0.102. The first-order chi connectivity index (χ1) is 14.7. The molecule has 2 aromatic heterocycles. The maximum Gasteiger partial charge on any atom is 0.206 e. The van der Waals surface area contributed by atoms with Gasteiger partial charge in [-0.2, -0.15) is 4.80 Å². The third kappa shape index (κ3) is 3.27. The predicted octanol–water partition coefficient (Wildman–Crippen LogP) is 5.02. The molecule has 7 heteroatoms. The molecule has 0 spiro atoms. The van der Waals surface area contributed by atoms with Gasteiger partial charge in [0.15, 0.2) is 5.78 Å². The molecule has 0 radical (unpaired) electrons. The minimum absolute atomic E-state index is 0.0286. The second-order valence-corrected chi connectivity index (χ2v) is 7.24. The number of carbonyl (C=O) groups is 1. The van der Waals surface area contributed by atoms with E-state index in [0.29, 0.717) is 22.0 Å². The molecule has 0 atom stereocenters. The molecule has 0 aliphatic heterocycles. The van der Waals surface area contributed by atoms with Crippen LogP contribution in [0.5, 0.6) is 0 Å². The van der Waals surface area contributed by atoms with Gasteiger partial charge in [-0.05, 0) is 29.0 Å². The van der Waals surface area contributed by atoms with Crippen molar-refractivity contribution in [3.8, 4) is 22.6 Å². The summed E-state index contributed by atoms with van der Waals surface area (Å²) < 4.78 is 0. The fraction of sp³-hybridized carbons (Fsp3) is 0.0435. The number of hydrogen-bond acceptors (Lipinski definition) is 4. The van der Waals surface area contributed by atoms with Crippen molar-refractivity contribution in [3.05, 3.63) is 89.4 Å². The highest BCUT2D eigenvalue weighted by Crippen LogP contribution is 2.31. The largest absolute Gasteiger partial charge is 0.354 e. The van der Waals surface area contributed by atoms with Gasteiger partial charge in [0.2, 0.25) is 5.82 Å². The van der Waals surface area contributed by atoms with Crippen molar-refractivity contribution in [2.45, 2.75) is 6.54 Å². The molecule has 5 aromatic rings.